The Morgan fingerprint density at radius 3 is 2.85 bits per heavy atom. The van der Waals surface area contributed by atoms with Gasteiger partial charge in [-0.1, -0.05) is 0 Å². The van der Waals surface area contributed by atoms with Gasteiger partial charge in [-0.25, -0.2) is 4.98 Å². The normalized spacial score (nSPS) is 10.6. The van der Waals surface area contributed by atoms with Gasteiger partial charge in [-0.2, -0.15) is 5.26 Å². The molecule has 1 heterocycles. The molecule has 1 aromatic heterocycles. The molecule has 0 saturated heterocycles. The molecule has 3 rings (SSSR count). The number of nitriles is 1. The number of anilines is 1. The molecule has 2 aromatic carbocycles. The first-order chi connectivity index (χ1) is 9.65. The van der Waals surface area contributed by atoms with Gasteiger partial charge in [0.1, 0.15) is 11.6 Å². The van der Waals surface area contributed by atoms with E-state index in [0.29, 0.717) is 22.1 Å². The number of benzene rings is 2. The number of aromatic nitrogens is 1. The van der Waals surface area contributed by atoms with Crippen molar-refractivity contribution in [2.24, 2.45) is 0 Å². The first-order valence-corrected chi connectivity index (χ1v) is 7.30. The van der Waals surface area contributed by atoms with Crippen molar-refractivity contribution < 1.29 is 4.42 Å². The van der Waals surface area contributed by atoms with Gasteiger partial charge in [0, 0.05) is 15.1 Å². The molecule has 0 bridgehead atoms. The predicted octanol–water partition coefficient (Wildman–Crippen LogP) is 4.20. The average Bonchev–Trinajstić information content (AvgIpc) is 2.80. The van der Waals surface area contributed by atoms with Crippen LogP contribution in [-0.4, -0.2) is 4.98 Å². The maximum Gasteiger partial charge on any atom is 0.261 e. The van der Waals surface area contributed by atoms with Crippen LogP contribution in [-0.2, 0) is 0 Å². The van der Waals surface area contributed by atoms with Crippen LogP contribution in [0.1, 0.15) is 5.56 Å². The highest BCUT2D eigenvalue weighted by molar-refractivity contribution is 9.10. The van der Waals surface area contributed by atoms with Gasteiger partial charge in [-0.15, -0.1) is 0 Å². The SMILES string of the molecule is N#Cc1ccc(Sc2nc3cc(N)ccc3o2)cc1Br. The fourth-order valence-corrected chi connectivity index (χ4v) is 3.13. The Kier molecular flexibility index (Phi) is 3.38. The van der Waals surface area contributed by atoms with Crippen molar-refractivity contribution in [3.63, 3.8) is 0 Å². The predicted molar refractivity (Wildman–Crippen MR) is 81.4 cm³/mol. The summed E-state index contributed by atoms with van der Waals surface area (Å²) in [6.45, 7) is 0. The zero-order chi connectivity index (χ0) is 14.1. The lowest BCUT2D eigenvalue weighted by molar-refractivity contribution is 0.489. The van der Waals surface area contributed by atoms with Crippen molar-refractivity contribution in [3.8, 4) is 6.07 Å². The van der Waals surface area contributed by atoms with E-state index in [0.717, 1.165) is 14.9 Å². The van der Waals surface area contributed by atoms with E-state index in [2.05, 4.69) is 27.0 Å². The van der Waals surface area contributed by atoms with Gasteiger partial charge in [0.05, 0.1) is 5.56 Å². The largest absolute Gasteiger partial charge is 0.431 e. The maximum absolute atomic E-state index is 8.89. The van der Waals surface area contributed by atoms with Gasteiger partial charge in [0.25, 0.3) is 5.22 Å². The number of hydrogen-bond acceptors (Lipinski definition) is 5. The molecule has 20 heavy (non-hydrogen) atoms. The van der Waals surface area contributed by atoms with E-state index in [1.165, 1.54) is 11.8 Å². The highest BCUT2D eigenvalue weighted by Gasteiger charge is 2.09. The second-order valence-electron chi connectivity index (χ2n) is 4.06. The number of oxazole rings is 1. The number of rotatable bonds is 2. The van der Waals surface area contributed by atoms with Gasteiger partial charge in [-0.3, -0.25) is 0 Å². The molecule has 2 N–H and O–H groups in total. The van der Waals surface area contributed by atoms with Crippen molar-refractivity contribution >= 4 is 44.5 Å². The average molecular weight is 346 g/mol. The second kappa shape index (κ2) is 5.19. The van der Waals surface area contributed by atoms with Gasteiger partial charge >= 0.3 is 0 Å². The highest BCUT2D eigenvalue weighted by Crippen LogP contribution is 2.32. The summed E-state index contributed by atoms with van der Waals surface area (Å²) >= 11 is 4.76. The van der Waals surface area contributed by atoms with Gasteiger partial charge in [0.15, 0.2) is 5.58 Å². The Bertz CT molecular complexity index is 838. The van der Waals surface area contributed by atoms with E-state index < -0.39 is 0 Å². The summed E-state index contributed by atoms with van der Waals surface area (Å²) in [5, 5.41) is 9.43. The maximum atomic E-state index is 8.89. The van der Waals surface area contributed by atoms with E-state index in [9.17, 15) is 0 Å². The van der Waals surface area contributed by atoms with E-state index in [1.807, 2.05) is 12.1 Å². The molecule has 6 heteroatoms. The lowest BCUT2D eigenvalue weighted by Gasteiger charge is -1.99. The van der Waals surface area contributed by atoms with E-state index >= 15 is 0 Å². The summed E-state index contributed by atoms with van der Waals surface area (Å²) in [5.41, 5.74) is 8.40. The smallest absolute Gasteiger partial charge is 0.261 e. The van der Waals surface area contributed by atoms with Crippen LogP contribution in [0.3, 0.4) is 0 Å². The standard InChI is InChI=1S/C14H8BrN3OS/c15-11-6-10(3-1-8(11)7-16)20-14-18-12-5-9(17)2-4-13(12)19-14/h1-6H,17H2. The molecule has 0 unspecified atom stereocenters. The highest BCUT2D eigenvalue weighted by atomic mass is 79.9. The molecule has 4 nitrogen and oxygen atoms in total. The molecule has 98 valence electrons. The van der Waals surface area contributed by atoms with Gasteiger partial charge in [0.2, 0.25) is 0 Å². The molecule has 0 amide bonds. The minimum atomic E-state index is 0.544. The first-order valence-electron chi connectivity index (χ1n) is 5.69. The second-order valence-corrected chi connectivity index (χ2v) is 5.94. The fraction of sp³-hybridized carbons (Fsp3) is 0. The number of nitrogens with zero attached hydrogens (tertiary/aromatic N) is 2. The molecular formula is C14H8BrN3OS. The molecule has 0 aliphatic rings. The Hall–Kier alpha value is -1.97. The zero-order valence-electron chi connectivity index (χ0n) is 10.1. The summed E-state index contributed by atoms with van der Waals surface area (Å²) in [6.07, 6.45) is 0. The minimum absolute atomic E-state index is 0.544. The van der Waals surface area contributed by atoms with Crippen LogP contribution < -0.4 is 5.73 Å². The van der Waals surface area contributed by atoms with E-state index in [-0.39, 0.29) is 0 Å². The Morgan fingerprint density at radius 2 is 2.10 bits per heavy atom. The molecule has 0 spiro atoms. The van der Waals surface area contributed by atoms with E-state index in [4.69, 9.17) is 15.4 Å². The molecule has 0 fully saturated rings. The number of nitrogen functional groups attached to an aromatic ring is 1. The van der Waals surface area contributed by atoms with Crippen LogP contribution in [0.15, 0.2) is 55.4 Å². The molecule has 3 aromatic rings. The summed E-state index contributed by atoms with van der Waals surface area (Å²) < 4.78 is 6.39. The topological polar surface area (TPSA) is 75.8 Å². The van der Waals surface area contributed by atoms with Crippen molar-refractivity contribution in [1.82, 2.24) is 4.98 Å². The quantitative estimate of drug-likeness (QED) is 0.704. The monoisotopic (exact) mass is 345 g/mol. The van der Waals surface area contributed by atoms with Crippen molar-refractivity contribution in [2.75, 3.05) is 5.73 Å². The Morgan fingerprint density at radius 1 is 1.25 bits per heavy atom. The van der Waals surface area contributed by atoms with Gasteiger partial charge < -0.3 is 10.2 Å². The van der Waals surface area contributed by atoms with Crippen LogP contribution in [0, 0.1) is 11.3 Å². The molecule has 0 aliphatic carbocycles. The zero-order valence-corrected chi connectivity index (χ0v) is 12.5. The molecular weight excluding hydrogens is 338 g/mol. The van der Waals surface area contributed by atoms with Crippen LogP contribution in [0.2, 0.25) is 0 Å². The van der Waals surface area contributed by atoms with Crippen molar-refractivity contribution in [2.45, 2.75) is 10.1 Å². The molecule has 0 atom stereocenters. The summed E-state index contributed by atoms with van der Waals surface area (Å²) in [6, 6.07) is 12.9. The van der Waals surface area contributed by atoms with Crippen molar-refractivity contribution in [1.29, 1.82) is 5.26 Å². The number of hydrogen-bond donors (Lipinski definition) is 1. The number of nitrogens with two attached hydrogens (primary N) is 1. The lowest BCUT2D eigenvalue weighted by atomic mass is 10.2. The Balaban J connectivity index is 1.93. The third kappa shape index (κ3) is 2.50. The third-order valence-electron chi connectivity index (χ3n) is 2.66. The Labute approximate surface area is 127 Å². The number of fused-ring (bicyclic) bond motifs is 1. The lowest BCUT2D eigenvalue weighted by Crippen LogP contribution is -1.82. The van der Waals surface area contributed by atoms with Crippen LogP contribution in [0.5, 0.6) is 0 Å². The molecule has 0 aliphatic heterocycles. The summed E-state index contributed by atoms with van der Waals surface area (Å²) in [4.78, 5) is 5.32. The first kappa shape index (κ1) is 13.0. The molecule has 0 radical (unpaired) electrons. The summed E-state index contributed by atoms with van der Waals surface area (Å²) in [7, 11) is 0. The van der Waals surface area contributed by atoms with Crippen LogP contribution in [0.4, 0.5) is 5.69 Å². The minimum Gasteiger partial charge on any atom is -0.431 e. The molecule has 0 saturated carbocycles. The third-order valence-corrected chi connectivity index (χ3v) is 4.15. The van der Waals surface area contributed by atoms with Crippen LogP contribution >= 0.6 is 27.7 Å². The van der Waals surface area contributed by atoms with Gasteiger partial charge in [-0.05, 0) is 64.1 Å². The van der Waals surface area contributed by atoms with E-state index in [1.54, 1.807) is 24.3 Å². The summed E-state index contributed by atoms with van der Waals surface area (Å²) in [5.74, 6) is 0. The fourth-order valence-electron chi connectivity index (χ4n) is 1.72. The van der Waals surface area contributed by atoms with Crippen molar-refractivity contribution in [3.05, 3.63) is 46.4 Å². The van der Waals surface area contributed by atoms with Crippen LogP contribution in [0.25, 0.3) is 11.1 Å². The number of halogens is 1.